The molecule has 40 heavy (non-hydrogen) atoms. The van der Waals surface area contributed by atoms with Crippen LogP contribution in [0.4, 0.5) is 13.2 Å². The largest absolute Gasteiger partial charge is 0.493 e. The second kappa shape index (κ2) is 11.8. The number of hydrogen-bond acceptors (Lipinski definition) is 6. The minimum atomic E-state index is -2.68. The molecule has 1 aromatic carbocycles. The number of aryl methyl sites for hydroxylation is 1. The number of carbonyl (C=O) groups excluding carboxylic acids is 2. The lowest BCUT2D eigenvalue weighted by atomic mass is 9.89. The molecule has 2 amide bonds. The Hall–Kier alpha value is -3.67. The zero-order chi connectivity index (χ0) is 28.4. The molecule has 0 aliphatic heterocycles. The standard InChI is InChI=1S/C28H32F3N5O4/c1-14-23(28(38)35-17-6-7-20(19(29)10-17)36-22(37)12-39-2)25-26(34-14)24(32-13-33-25)18-9-16(27(30)31)5-8-21(18)40-11-15-3-4-15/h5,8-9,13,15,17,19-20,27,34H,3-4,6-7,10-12H2,1-2H3,(H,35,38)(H,36,37)/t17-,19-,20-/m0/s1. The average molecular weight is 560 g/mol. The molecule has 9 nitrogen and oxygen atoms in total. The molecule has 2 fully saturated rings. The fraction of sp³-hybridized carbons (Fsp3) is 0.500. The molecule has 2 heterocycles. The van der Waals surface area contributed by atoms with Crippen LogP contribution in [0.1, 0.15) is 60.1 Å². The molecule has 5 rings (SSSR count). The number of methoxy groups -OCH3 is 1. The van der Waals surface area contributed by atoms with Gasteiger partial charge in [0, 0.05) is 36.4 Å². The van der Waals surface area contributed by atoms with Gasteiger partial charge in [0.25, 0.3) is 12.3 Å². The number of nitrogens with one attached hydrogen (secondary N) is 3. The maximum Gasteiger partial charge on any atom is 0.263 e. The summed E-state index contributed by atoms with van der Waals surface area (Å²) in [6, 6.07) is 3.15. The van der Waals surface area contributed by atoms with E-state index < -0.39 is 30.6 Å². The predicted octanol–water partition coefficient (Wildman–Crippen LogP) is 4.41. The number of fused-ring (bicyclic) bond motifs is 1. The van der Waals surface area contributed by atoms with E-state index in [4.69, 9.17) is 9.47 Å². The van der Waals surface area contributed by atoms with Crippen molar-refractivity contribution in [1.29, 1.82) is 0 Å². The van der Waals surface area contributed by atoms with E-state index in [0.717, 1.165) is 12.8 Å². The number of aromatic nitrogens is 3. The summed E-state index contributed by atoms with van der Waals surface area (Å²) in [5, 5.41) is 5.53. The zero-order valence-electron chi connectivity index (χ0n) is 22.3. The normalized spacial score (nSPS) is 21.0. The smallest absolute Gasteiger partial charge is 0.263 e. The van der Waals surface area contributed by atoms with Crippen LogP contribution in [0.25, 0.3) is 22.3 Å². The van der Waals surface area contributed by atoms with E-state index in [1.165, 1.54) is 31.6 Å². The highest BCUT2D eigenvalue weighted by Crippen LogP contribution is 2.38. The van der Waals surface area contributed by atoms with Crippen LogP contribution in [0.3, 0.4) is 0 Å². The Bertz CT molecular complexity index is 1390. The number of alkyl halides is 3. The molecule has 0 bridgehead atoms. The van der Waals surface area contributed by atoms with E-state index in [-0.39, 0.29) is 30.1 Å². The van der Waals surface area contributed by atoms with Gasteiger partial charge in [-0.25, -0.2) is 23.1 Å². The van der Waals surface area contributed by atoms with Crippen LogP contribution in [-0.2, 0) is 9.53 Å². The lowest BCUT2D eigenvalue weighted by Crippen LogP contribution is -2.50. The highest BCUT2D eigenvalue weighted by Gasteiger charge is 2.33. The molecule has 3 aromatic rings. The van der Waals surface area contributed by atoms with Crippen LogP contribution in [0.2, 0.25) is 0 Å². The van der Waals surface area contributed by atoms with Crippen LogP contribution >= 0.6 is 0 Å². The van der Waals surface area contributed by atoms with E-state index in [1.807, 2.05) is 0 Å². The SMILES string of the molecule is COCC(=O)N[C@H]1CC[C@H](NC(=O)c2c(C)[nH]c3c(-c4cc(C(F)F)ccc4OCC4CC4)ncnc23)C[C@@H]1F. The molecule has 3 N–H and O–H groups in total. The summed E-state index contributed by atoms with van der Waals surface area (Å²) in [6.45, 7) is 2.05. The summed E-state index contributed by atoms with van der Waals surface area (Å²) < 4.78 is 52.7. The molecule has 2 aliphatic carbocycles. The van der Waals surface area contributed by atoms with Gasteiger partial charge in [0.2, 0.25) is 5.91 Å². The maximum atomic E-state index is 14.8. The van der Waals surface area contributed by atoms with Gasteiger partial charge in [-0.1, -0.05) is 0 Å². The Morgan fingerprint density at radius 1 is 1.15 bits per heavy atom. The minimum Gasteiger partial charge on any atom is -0.493 e. The van der Waals surface area contributed by atoms with Crippen LogP contribution in [0.5, 0.6) is 5.75 Å². The highest BCUT2D eigenvalue weighted by atomic mass is 19.3. The minimum absolute atomic E-state index is 0.0490. The van der Waals surface area contributed by atoms with Crippen LogP contribution in [0, 0.1) is 12.8 Å². The number of rotatable bonds is 10. The summed E-state index contributed by atoms with van der Waals surface area (Å²) in [5.74, 6) is 0.0660. The summed E-state index contributed by atoms with van der Waals surface area (Å²) >= 11 is 0. The van der Waals surface area contributed by atoms with Crippen molar-refractivity contribution in [2.75, 3.05) is 20.3 Å². The molecule has 2 aliphatic rings. The lowest BCUT2D eigenvalue weighted by molar-refractivity contribution is -0.126. The second-order valence-electron chi connectivity index (χ2n) is 10.5. The number of aromatic amines is 1. The number of hydrogen-bond donors (Lipinski definition) is 3. The second-order valence-corrected chi connectivity index (χ2v) is 10.5. The van der Waals surface area contributed by atoms with Crippen molar-refractivity contribution in [3.05, 3.63) is 41.3 Å². The third kappa shape index (κ3) is 6.06. The van der Waals surface area contributed by atoms with Gasteiger partial charge in [-0.2, -0.15) is 0 Å². The predicted molar refractivity (Wildman–Crippen MR) is 141 cm³/mol. The third-order valence-corrected chi connectivity index (χ3v) is 7.41. The summed E-state index contributed by atoms with van der Waals surface area (Å²) in [4.78, 5) is 37.0. The number of ether oxygens (including phenoxy) is 2. The molecule has 214 valence electrons. The molecule has 0 unspecified atom stereocenters. The van der Waals surface area contributed by atoms with E-state index in [1.54, 1.807) is 6.92 Å². The Balaban J connectivity index is 1.38. The van der Waals surface area contributed by atoms with Gasteiger partial charge in [-0.05, 0) is 56.7 Å². The number of amides is 2. The van der Waals surface area contributed by atoms with Crippen molar-refractivity contribution in [1.82, 2.24) is 25.6 Å². The van der Waals surface area contributed by atoms with Crippen LogP contribution in [0.15, 0.2) is 24.5 Å². The first-order valence-electron chi connectivity index (χ1n) is 13.4. The van der Waals surface area contributed by atoms with Gasteiger partial charge < -0.3 is 25.1 Å². The fourth-order valence-corrected chi connectivity index (χ4v) is 5.14. The van der Waals surface area contributed by atoms with Gasteiger partial charge in [0.15, 0.2) is 0 Å². The van der Waals surface area contributed by atoms with Crippen LogP contribution < -0.4 is 15.4 Å². The molecule has 12 heteroatoms. The molecule has 3 atom stereocenters. The first-order valence-corrected chi connectivity index (χ1v) is 13.4. The first kappa shape index (κ1) is 27.9. The van der Waals surface area contributed by atoms with Crippen molar-refractivity contribution < 1.29 is 32.2 Å². The van der Waals surface area contributed by atoms with Crippen molar-refractivity contribution in [3.63, 3.8) is 0 Å². The van der Waals surface area contributed by atoms with Gasteiger partial charge in [0.1, 0.15) is 36.1 Å². The first-order chi connectivity index (χ1) is 19.2. The van der Waals surface area contributed by atoms with E-state index in [9.17, 15) is 22.8 Å². The quantitative estimate of drug-likeness (QED) is 0.339. The van der Waals surface area contributed by atoms with Crippen molar-refractivity contribution in [2.45, 2.75) is 63.7 Å². The molecule has 0 radical (unpaired) electrons. The van der Waals surface area contributed by atoms with Crippen molar-refractivity contribution in [2.24, 2.45) is 5.92 Å². The van der Waals surface area contributed by atoms with Gasteiger partial charge >= 0.3 is 0 Å². The number of nitrogens with zero attached hydrogens (tertiary/aromatic N) is 2. The Morgan fingerprint density at radius 3 is 2.65 bits per heavy atom. The maximum absolute atomic E-state index is 14.8. The Kier molecular flexibility index (Phi) is 8.24. The van der Waals surface area contributed by atoms with E-state index >= 15 is 0 Å². The van der Waals surface area contributed by atoms with Gasteiger partial charge in [-0.15, -0.1) is 0 Å². The Labute approximate surface area is 229 Å². The summed E-state index contributed by atoms with van der Waals surface area (Å²) in [7, 11) is 1.39. The summed E-state index contributed by atoms with van der Waals surface area (Å²) in [5.41, 5.74) is 2.09. The highest BCUT2D eigenvalue weighted by molar-refractivity contribution is 6.09. The fourth-order valence-electron chi connectivity index (χ4n) is 5.14. The number of halogens is 3. The van der Waals surface area contributed by atoms with E-state index in [2.05, 4.69) is 25.6 Å². The van der Waals surface area contributed by atoms with Crippen LogP contribution in [-0.4, -0.2) is 65.3 Å². The number of carbonyl (C=O) groups is 2. The topological polar surface area (TPSA) is 118 Å². The lowest BCUT2D eigenvalue weighted by Gasteiger charge is -2.32. The Morgan fingerprint density at radius 2 is 1.95 bits per heavy atom. The molecule has 2 saturated carbocycles. The van der Waals surface area contributed by atoms with Crippen molar-refractivity contribution in [3.8, 4) is 17.0 Å². The number of H-pyrrole nitrogens is 1. The molecule has 0 spiro atoms. The molecular formula is C28H32F3N5O4. The van der Waals surface area contributed by atoms with Gasteiger partial charge in [-0.3, -0.25) is 9.59 Å². The molecule has 2 aromatic heterocycles. The zero-order valence-corrected chi connectivity index (χ0v) is 22.3. The third-order valence-electron chi connectivity index (χ3n) is 7.41. The average Bonchev–Trinajstić information content (AvgIpc) is 3.68. The van der Waals surface area contributed by atoms with E-state index in [0.29, 0.717) is 59.1 Å². The monoisotopic (exact) mass is 559 g/mol. The summed E-state index contributed by atoms with van der Waals surface area (Å²) in [6.07, 6.45) is 0.323. The van der Waals surface area contributed by atoms with Crippen molar-refractivity contribution >= 4 is 22.8 Å². The molecular weight excluding hydrogens is 527 g/mol. The molecule has 0 saturated heterocycles. The van der Waals surface area contributed by atoms with Gasteiger partial charge in [0.05, 0.1) is 23.7 Å². The number of benzene rings is 1.